The lowest BCUT2D eigenvalue weighted by Crippen LogP contribution is -2.30. The molecule has 1 aromatic rings. The van der Waals surface area contributed by atoms with Gasteiger partial charge in [-0.05, 0) is 32.6 Å². The zero-order valence-electron chi connectivity index (χ0n) is 12.0. The van der Waals surface area contributed by atoms with Crippen molar-refractivity contribution in [2.24, 2.45) is 5.92 Å². The first-order valence-corrected chi connectivity index (χ1v) is 6.90. The highest BCUT2D eigenvalue weighted by atomic mass is 16.5. The summed E-state index contributed by atoms with van der Waals surface area (Å²) in [5, 5.41) is 3.42. The van der Waals surface area contributed by atoms with E-state index in [-0.39, 0.29) is 5.60 Å². The largest absolute Gasteiger partial charge is 0.373 e. The summed E-state index contributed by atoms with van der Waals surface area (Å²) in [7, 11) is 0. The SMILES string of the molecule is Cc1cn(CC2(C)CCCO2)c(NCC(C)C)n1. The van der Waals surface area contributed by atoms with E-state index in [0.717, 1.165) is 37.8 Å². The first-order valence-electron chi connectivity index (χ1n) is 6.90. The second kappa shape index (κ2) is 5.31. The van der Waals surface area contributed by atoms with Gasteiger partial charge in [0, 0.05) is 19.3 Å². The van der Waals surface area contributed by atoms with Crippen molar-refractivity contribution >= 4 is 5.95 Å². The van der Waals surface area contributed by atoms with Crippen LogP contribution < -0.4 is 5.32 Å². The molecule has 0 spiro atoms. The van der Waals surface area contributed by atoms with Crippen LogP contribution in [0.3, 0.4) is 0 Å². The van der Waals surface area contributed by atoms with Gasteiger partial charge in [0.15, 0.2) is 0 Å². The van der Waals surface area contributed by atoms with Crippen molar-refractivity contribution in [3.63, 3.8) is 0 Å². The first kappa shape index (κ1) is 13.4. The summed E-state index contributed by atoms with van der Waals surface area (Å²) >= 11 is 0. The Kier molecular flexibility index (Phi) is 3.95. The van der Waals surface area contributed by atoms with Gasteiger partial charge in [0.25, 0.3) is 0 Å². The second-order valence-electron chi connectivity index (χ2n) is 6.01. The summed E-state index contributed by atoms with van der Waals surface area (Å²) in [4.78, 5) is 4.55. The van der Waals surface area contributed by atoms with Crippen molar-refractivity contribution in [2.45, 2.75) is 52.7 Å². The molecule has 0 radical (unpaired) electrons. The van der Waals surface area contributed by atoms with Gasteiger partial charge in [-0.3, -0.25) is 0 Å². The molecule has 2 heterocycles. The van der Waals surface area contributed by atoms with Crippen molar-refractivity contribution in [1.82, 2.24) is 9.55 Å². The molecule has 102 valence electrons. The number of hydrogen-bond acceptors (Lipinski definition) is 3. The monoisotopic (exact) mass is 251 g/mol. The van der Waals surface area contributed by atoms with E-state index in [9.17, 15) is 0 Å². The number of nitrogens with zero attached hydrogens (tertiary/aromatic N) is 2. The normalized spacial score (nSPS) is 23.8. The van der Waals surface area contributed by atoms with Gasteiger partial charge in [0.2, 0.25) is 5.95 Å². The predicted molar refractivity (Wildman–Crippen MR) is 73.9 cm³/mol. The van der Waals surface area contributed by atoms with Crippen molar-refractivity contribution in [3.05, 3.63) is 11.9 Å². The molecule has 4 heteroatoms. The minimum atomic E-state index is -0.0264. The van der Waals surface area contributed by atoms with Crippen LogP contribution in [-0.4, -0.2) is 28.3 Å². The second-order valence-corrected chi connectivity index (χ2v) is 6.01. The van der Waals surface area contributed by atoms with Crippen molar-refractivity contribution in [2.75, 3.05) is 18.5 Å². The van der Waals surface area contributed by atoms with E-state index in [2.05, 4.69) is 41.8 Å². The molecule has 1 aromatic heterocycles. The topological polar surface area (TPSA) is 39.1 Å². The first-order chi connectivity index (χ1) is 8.48. The van der Waals surface area contributed by atoms with Crippen LogP contribution in [0.4, 0.5) is 5.95 Å². The lowest BCUT2D eigenvalue weighted by molar-refractivity contribution is 0.00663. The summed E-state index contributed by atoms with van der Waals surface area (Å²) in [6, 6.07) is 0. The Morgan fingerprint density at radius 1 is 1.56 bits per heavy atom. The molecular formula is C14H25N3O. The molecule has 1 aliphatic heterocycles. The Labute approximate surface area is 110 Å². The number of anilines is 1. The minimum Gasteiger partial charge on any atom is -0.373 e. The summed E-state index contributed by atoms with van der Waals surface area (Å²) < 4.78 is 8.06. The summed E-state index contributed by atoms with van der Waals surface area (Å²) in [6.45, 7) is 11.4. The van der Waals surface area contributed by atoms with E-state index in [1.165, 1.54) is 6.42 Å². The molecule has 0 saturated carbocycles. The van der Waals surface area contributed by atoms with Crippen LogP contribution in [0.15, 0.2) is 6.20 Å². The van der Waals surface area contributed by atoms with Gasteiger partial charge in [0.05, 0.1) is 17.8 Å². The van der Waals surface area contributed by atoms with Crippen molar-refractivity contribution in [3.8, 4) is 0 Å². The van der Waals surface area contributed by atoms with E-state index in [4.69, 9.17) is 4.74 Å². The van der Waals surface area contributed by atoms with Crippen molar-refractivity contribution in [1.29, 1.82) is 0 Å². The molecule has 1 aliphatic rings. The highest BCUT2D eigenvalue weighted by Crippen LogP contribution is 2.28. The zero-order chi connectivity index (χ0) is 13.2. The molecule has 0 aromatic carbocycles. The molecule has 1 saturated heterocycles. The van der Waals surface area contributed by atoms with Gasteiger partial charge in [0.1, 0.15) is 0 Å². The molecule has 0 aliphatic carbocycles. The number of hydrogen-bond donors (Lipinski definition) is 1. The Balaban J connectivity index is 2.06. The Morgan fingerprint density at radius 2 is 2.33 bits per heavy atom. The molecule has 1 unspecified atom stereocenters. The average Bonchev–Trinajstić information content (AvgIpc) is 2.83. The van der Waals surface area contributed by atoms with E-state index >= 15 is 0 Å². The molecule has 18 heavy (non-hydrogen) atoms. The van der Waals surface area contributed by atoms with E-state index in [1.54, 1.807) is 0 Å². The van der Waals surface area contributed by atoms with Gasteiger partial charge in [-0.2, -0.15) is 0 Å². The number of ether oxygens (including phenoxy) is 1. The van der Waals surface area contributed by atoms with Crippen LogP contribution in [0.1, 0.15) is 39.3 Å². The molecule has 0 amide bonds. The van der Waals surface area contributed by atoms with Crippen LogP contribution in [0.2, 0.25) is 0 Å². The third kappa shape index (κ3) is 3.25. The van der Waals surface area contributed by atoms with Gasteiger partial charge >= 0.3 is 0 Å². The maximum absolute atomic E-state index is 5.86. The molecule has 4 nitrogen and oxygen atoms in total. The van der Waals surface area contributed by atoms with Crippen molar-refractivity contribution < 1.29 is 4.74 Å². The fraction of sp³-hybridized carbons (Fsp3) is 0.786. The third-order valence-electron chi connectivity index (χ3n) is 3.37. The van der Waals surface area contributed by atoms with E-state index in [0.29, 0.717) is 5.92 Å². The van der Waals surface area contributed by atoms with Gasteiger partial charge < -0.3 is 14.6 Å². The highest BCUT2D eigenvalue weighted by Gasteiger charge is 2.30. The highest BCUT2D eigenvalue weighted by molar-refractivity contribution is 5.29. The average molecular weight is 251 g/mol. The zero-order valence-corrected chi connectivity index (χ0v) is 12.0. The molecule has 0 bridgehead atoms. The van der Waals surface area contributed by atoms with Crippen LogP contribution >= 0.6 is 0 Å². The van der Waals surface area contributed by atoms with Gasteiger partial charge in [-0.1, -0.05) is 13.8 Å². The number of nitrogens with one attached hydrogen (secondary N) is 1. The van der Waals surface area contributed by atoms with Crippen LogP contribution in [-0.2, 0) is 11.3 Å². The molecular weight excluding hydrogens is 226 g/mol. The maximum atomic E-state index is 5.86. The lowest BCUT2D eigenvalue weighted by atomic mass is 10.0. The van der Waals surface area contributed by atoms with E-state index < -0.39 is 0 Å². The van der Waals surface area contributed by atoms with Crippen LogP contribution in [0.25, 0.3) is 0 Å². The summed E-state index contributed by atoms with van der Waals surface area (Å²) in [5.74, 6) is 1.59. The molecule has 2 rings (SSSR count). The fourth-order valence-corrected chi connectivity index (χ4v) is 2.43. The standard InChI is InChI=1S/C14H25N3O/c1-11(2)8-15-13-16-12(3)9-17(13)10-14(4)6-5-7-18-14/h9,11H,5-8,10H2,1-4H3,(H,15,16). The Morgan fingerprint density at radius 3 is 2.94 bits per heavy atom. The summed E-state index contributed by atoms with van der Waals surface area (Å²) in [6.07, 6.45) is 4.41. The minimum absolute atomic E-state index is 0.0264. The van der Waals surface area contributed by atoms with Crippen LogP contribution in [0.5, 0.6) is 0 Å². The van der Waals surface area contributed by atoms with Crippen LogP contribution in [0, 0.1) is 12.8 Å². The Hall–Kier alpha value is -1.03. The Bertz CT molecular complexity index is 392. The molecule has 1 atom stereocenters. The number of rotatable bonds is 5. The number of imidazole rings is 1. The molecule has 1 N–H and O–H groups in total. The fourth-order valence-electron chi connectivity index (χ4n) is 2.43. The lowest BCUT2D eigenvalue weighted by Gasteiger charge is -2.24. The predicted octanol–water partition coefficient (Wildman–Crippen LogP) is 2.83. The van der Waals surface area contributed by atoms with E-state index in [1.807, 2.05) is 6.92 Å². The molecule has 1 fully saturated rings. The smallest absolute Gasteiger partial charge is 0.203 e. The quantitative estimate of drug-likeness (QED) is 0.874. The number of aromatic nitrogens is 2. The third-order valence-corrected chi connectivity index (χ3v) is 3.37. The summed E-state index contributed by atoms with van der Waals surface area (Å²) in [5.41, 5.74) is 1.03. The number of aryl methyl sites for hydroxylation is 1. The van der Waals surface area contributed by atoms with Gasteiger partial charge in [-0.15, -0.1) is 0 Å². The van der Waals surface area contributed by atoms with Gasteiger partial charge in [-0.25, -0.2) is 4.98 Å². The maximum Gasteiger partial charge on any atom is 0.203 e.